The molecular weight excluding hydrogens is 66.0 g/mol. The average Bonchev–Trinajstić information content (AvgIpc) is 1.76. The van der Waals surface area contributed by atoms with Crippen LogP contribution in [0.15, 0.2) is 4.99 Å². The highest BCUT2D eigenvalue weighted by Gasteiger charge is 1.80. The molecule has 0 saturated carbocycles. The number of hydrogen-bond acceptors (Lipinski definition) is 3. The maximum atomic E-state index is 3.61. The van der Waals surface area contributed by atoms with E-state index >= 15 is 0 Å². The Labute approximate surface area is 30.1 Å². The molecule has 3 nitrogen and oxygen atoms in total. The Morgan fingerprint density at radius 2 is 2.40 bits per heavy atom. The second kappa shape index (κ2) is 1.03. The third-order valence-electron chi connectivity index (χ3n) is 0.362. The summed E-state index contributed by atoms with van der Waals surface area (Å²) >= 11 is 0. The van der Waals surface area contributed by atoms with Crippen LogP contribution < -0.4 is 10.9 Å². The van der Waals surface area contributed by atoms with Gasteiger partial charge in [-0.25, -0.2) is 5.43 Å². The van der Waals surface area contributed by atoms with Crippen LogP contribution in [0.3, 0.4) is 0 Å². The van der Waals surface area contributed by atoms with E-state index in [-0.39, 0.29) is 0 Å². The first-order valence-corrected chi connectivity index (χ1v) is 1.34. The zero-order chi connectivity index (χ0) is 3.54. The number of hydrogen-bond donors (Lipinski definition) is 2. The maximum absolute atomic E-state index is 3.61. The van der Waals surface area contributed by atoms with Crippen LogP contribution in [0.2, 0.25) is 0 Å². The van der Waals surface area contributed by atoms with Gasteiger partial charge in [-0.15, -0.1) is 0 Å². The van der Waals surface area contributed by atoms with E-state index in [9.17, 15) is 0 Å². The van der Waals surface area contributed by atoms with Gasteiger partial charge in [0, 0.05) is 0 Å². The van der Waals surface area contributed by atoms with E-state index in [1.165, 1.54) is 0 Å². The van der Waals surface area contributed by atoms with Gasteiger partial charge < -0.3 is 5.43 Å². The number of nitrogens with zero attached hydrogens (tertiary/aromatic N) is 1. The first-order valence-electron chi connectivity index (χ1n) is 1.34. The summed E-state index contributed by atoms with van der Waals surface area (Å²) < 4.78 is 0. The quantitative estimate of drug-likeness (QED) is 0.393. The highest BCUT2D eigenvalue weighted by atomic mass is 15.4. The van der Waals surface area contributed by atoms with Crippen LogP contribution >= 0.6 is 0 Å². The lowest BCUT2D eigenvalue weighted by atomic mass is 11.2. The standard InChI is InChI=1S/C2H4N3/c1-3-2-5-4-1/h1-2,4H,(H,3,5). The summed E-state index contributed by atoms with van der Waals surface area (Å²) in [6.45, 7) is 1.57. The lowest BCUT2D eigenvalue weighted by molar-refractivity contribution is 0.810. The van der Waals surface area contributed by atoms with Gasteiger partial charge in [-0.2, -0.15) is 0 Å². The molecule has 1 radical (unpaired) electrons. The molecule has 0 saturated heterocycles. The van der Waals surface area contributed by atoms with Gasteiger partial charge in [0.2, 0.25) is 0 Å². The van der Waals surface area contributed by atoms with Crippen molar-refractivity contribution in [2.45, 2.75) is 0 Å². The Hall–Kier alpha value is -0.570. The molecule has 0 bridgehead atoms. The SMILES string of the molecule is [CH]1N=CNN1. The van der Waals surface area contributed by atoms with Gasteiger partial charge in [-0.05, 0) is 0 Å². The summed E-state index contributed by atoms with van der Waals surface area (Å²) in [5, 5.41) is 0. The van der Waals surface area contributed by atoms with Crippen LogP contribution in [0.1, 0.15) is 0 Å². The van der Waals surface area contributed by atoms with Crippen LogP contribution in [0, 0.1) is 6.67 Å². The van der Waals surface area contributed by atoms with E-state index in [0.29, 0.717) is 0 Å². The van der Waals surface area contributed by atoms with Crippen molar-refractivity contribution in [1.29, 1.82) is 0 Å². The van der Waals surface area contributed by atoms with Gasteiger partial charge in [-0.3, -0.25) is 4.99 Å². The predicted octanol–water partition coefficient (Wildman–Crippen LogP) is -0.758. The molecule has 0 aromatic rings. The fourth-order valence-corrected chi connectivity index (χ4v) is 0.186. The first kappa shape index (κ1) is 2.66. The normalized spacial score (nSPS) is 19.2. The lowest BCUT2D eigenvalue weighted by Crippen LogP contribution is -2.19. The van der Waals surface area contributed by atoms with E-state index < -0.39 is 0 Å². The van der Waals surface area contributed by atoms with E-state index in [1.807, 2.05) is 0 Å². The van der Waals surface area contributed by atoms with Gasteiger partial charge in [-0.1, -0.05) is 0 Å². The molecule has 0 fully saturated rings. The minimum atomic E-state index is 1.57. The van der Waals surface area contributed by atoms with E-state index in [4.69, 9.17) is 0 Å². The molecule has 0 amide bonds. The van der Waals surface area contributed by atoms with Crippen molar-refractivity contribution in [3.63, 3.8) is 0 Å². The number of rotatable bonds is 0. The topological polar surface area (TPSA) is 36.4 Å². The minimum absolute atomic E-state index is 1.57. The molecule has 0 aliphatic carbocycles. The van der Waals surface area contributed by atoms with E-state index in [2.05, 4.69) is 15.8 Å². The Kier molecular flexibility index (Phi) is 0.548. The summed E-state index contributed by atoms with van der Waals surface area (Å²) in [5.74, 6) is 0. The number of hydrazine groups is 1. The van der Waals surface area contributed by atoms with Gasteiger partial charge in [0.25, 0.3) is 0 Å². The van der Waals surface area contributed by atoms with Crippen molar-refractivity contribution in [3.8, 4) is 0 Å². The Morgan fingerprint density at radius 3 is 2.60 bits per heavy atom. The first-order chi connectivity index (χ1) is 2.50. The van der Waals surface area contributed by atoms with Crippen LogP contribution in [-0.2, 0) is 0 Å². The summed E-state index contributed by atoms with van der Waals surface area (Å²) in [4.78, 5) is 3.61. The summed E-state index contributed by atoms with van der Waals surface area (Å²) in [5.41, 5.74) is 5.25. The fourth-order valence-electron chi connectivity index (χ4n) is 0.186. The largest absolute Gasteiger partial charge is 0.310 e. The molecule has 0 aromatic carbocycles. The highest BCUT2D eigenvalue weighted by molar-refractivity contribution is 5.55. The number of aliphatic imine (C=N–C) groups is 1. The Balaban J connectivity index is 2.32. The number of nitrogens with one attached hydrogen (secondary N) is 2. The van der Waals surface area contributed by atoms with Crippen molar-refractivity contribution in [2.24, 2.45) is 4.99 Å². The van der Waals surface area contributed by atoms with Gasteiger partial charge >= 0.3 is 0 Å². The molecule has 1 aliphatic rings. The average molecular weight is 70.1 g/mol. The smallest absolute Gasteiger partial charge is 0.155 e. The van der Waals surface area contributed by atoms with E-state index in [1.54, 1.807) is 13.0 Å². The zero-order valence-corrected chi connectivity index (χ0v) is 2.60. The molecule has 0 atom stereocenters. The molecule has 3 heteroatoms. The third-order valence-corrected chi connectivity index (χ3v) is 0.362. The highest BCUT2D eigenvalue weighted by Crippen LogP contribution is 1.68. The maximum Gasteiger partial charge on any atom is 0.155 e. The summed E-state index contributed by atoms with van der Waals surface area (Å²) in [6, 6.07) is 0. The molecule has 5 heavy (non-hydrogen) atoms. The minimum Gasteiger partial charge on any atom is -0.310 e. The van der Waals surface area contributed by atoms with Crippen molar-refractivity contribution in [2.75, 3.05) is 0 Å². The van der Waals surface area contributed by atoms with Gasteiger partial charge in [0.05, 0.1) is 6.34 Å². The molecule has 1 aliphatic heterocycles. The van der Waals surface area contributed by atoms with Crippen molar-refractivity contribution in [3.05, 3.63) is 6.67 Å². The van der Waals surface area contributed by atoms with E-state index in [0.717, 1.165) is 0 Å². The fraction of sp³-hybridized carbons (Fsp3) is 0. The molecule has 2 N–H and O–H groups in total. The molecule has 1 heterocycles. The monoisotopic (exact) mass is 70.0 g/mol. The van der Waals surface area contributed by atoms with Crippen LogP contribution in [0.4, 0.5) is 0 Å². The second-order valence-electron chi connectivity index (χ2n) is 0.696. The summed E-state index contributed by atoms with van der Waals surface area (Å²) in [7, 11) is 0. The molecular formula is C2H4N3. The van der Waals surface area contributed by atoms with Crippen molar-refractivity contribution in [1.82, 2.24) is 10.9 Å². The molecule has 0 unspecified atom stereocenters. The lowest BCUT2D eigenvalue weighted by Gasteiger charge is -1.79. The second-order valence-corrected chi connectivity index (χ2v) is 0.696. The Morgan fingerprint density at radius 1 is 1.40 bits per heavy atom. The van der Waals surface area contributed by atoms with Gasteiger partial charge in [0.15, 0.2) is 6.67 Å². The van der Waals surface area contributed by atoms with Gasteiger partial charge in [0.1, 0.15) is 0 Å². The molecule has 27 valence electrons. The molecule has 0 aromatic heterocycles. The predicted molar refractivity (Wildman–Crippen MR) is 19.1 cm³/mol. The van der Waals surface area contributed by atoms with Crippen molar-refractivity contribution >= 4 is 6.34 Å². The Bertz CT molecular complexity index is 42.9. The van der Waals surface area contributed by atoms with Crippen LogP contribution in [0.5, 0.6) is 0 Å². The van der Waals surface area contributed by atoms with Crippen LogP contribution in [-0.4, -0.2) is 6.34 Å². The summed E-state index contributed by atoms with van der Waals surface area (Å²) in [6.07, 6.45) is 1.57. The third kappa shape index (κ3) is 0.357. The van der Waals surface area contributed by atoms with Crippen molar-refractivity contribution < 1.29 is 0 Å². The van der Waals surface area contributed by atoms with Crippen LogP contribution in [0.25, 0.3) is 0 Å². The zero-order valence-electron chi connectivity index (χ0n) is 2.60. The molecule has 0 spiro atoms. The molecule has 1 rings (SSSR count).